The van der Waals surface area contributed by atoms with Crippen LogP contribution in [0.15, 0.2) is 35.5 Å². The maximum absolute atomic E-state index is 12.3. The molecule has 0 unspecified atom stereocenters. The number of nitrogens with zero attached hydrogens (tertiary/aromatic N) is 6. The van der Waals surface area contributed by atoms with Gasteiger partial charge in [0.2, 0.25) is 11.1 Å². The lowest BCUT2D eigenvalue weighted by Gasteiger charge is -2.07. The third kappa shape index (κ3) is 3.87. The summed E-state index contributed by atoms with van der Waals surface area (Å²) in [6.07, 6.45) is 2.21. The molecule has 1 aliphatic rings. The molecule has 2 aromatic heterocycles. The Labute approximate surface area is 161 Å². The molecule has 0 saturated heterocycles. The van der Waals surface area contributed by atoms with E-state index in [4.69, 9.17) is 0 Å². The topological polar surface area (TPSA) is 90.5 Å². The molecule has 0 bridgehead atoms. The van der Waals surface area contributed by atoms with E-state index in [-0.39, 0.29) is 11.7 Å². The normalized spacial score (nSPS) is 13.7. The van der Waals surface area contributed by atoms with Gasteiger partial charge in [-0.1, -0.05) is 30.0 Å². The van der Waals surface area contributed by atoms with Gasteiger partial charge in [-0.3, -0.25) is 4.79 Å². The fraction of sp³-hybridized carbons (Fsp3) is 0.389. The molecule has 0 radical (unpaired) electrons. The van der Waals surface area contributed by atoms with Crippen molar-refractivity contribution >= 4 is 17.7 Å². The van der Waals surface area contributed by atoms with Gasteiger partial charge in [-0.2, -0.15) is 5.10 Å². The van der Waals surface area contributed by atoms with Crippen LogP contribution in [0.2, 0.25) is 0 Å². The molecule has 1 N–H and O–H groups in total. The van der Waals surface area contributed by atoms with Crippen molar-refractivity contribution in [3.8, 4) is 5.69 Å². The molecule has 8 nitrogen and oxygen atoms in total. The first-order valence-electron chi connectivity index (χ1n) is 8.91. The summed E-state index contributed by atoms with van der Waals surface area (Å²) in [7, 11) is 0. The molecule has 1 amide bonds. The maximum atomic E-state index is 12.3. The summed E-state index contributed by atoms with van der Waals surface area (Å²) in [5.74, 6) is 0.245. The first-order valence-corrected chi connectivity index (χ1v) is 9.90. The fourth-order valence-electron chi connectivity index (χ4n) is 2.95. The molecule has 9 heteroatoms. The van der Waals surface area contributed by atoms with Crippen LogP contribution in [0.3, 0.4) is 0 Å². The summed E-state index contributed by atoms with van der Waals surface area (Å²) in [6, 6.07) is 10.4. The minimum atomic E-state index is -0.0448. The van der Waals surface area contributed by atoms with Crippen molar-refractivity contribution < 1.29 is 4.79 Å². The van der Waals surface area contributed by atoms with Crippen molar-refractivity contribution in [2.45, 2.75) is 44.4 Å². The lowest BCUT2D eigenvalue weighted by Crippen LogP contribution is -2.25. The number of rotatable bonds is 7. The van der Waals surface area contributed by atoms with Gasteiger partial charge in [0.05, 0.1) is 23.2 Å². The van der Waals surface area contributed by atoms with Crippen LogP contribution in [0, 0.1) is 13.8 Å². The summed E-state index contributed by atoms with van der Waals surface area (Å²) in [6.45, 7) is 4.44. The molecule has 2 heterocycles. The van der Waals surface area contributed by atoms with E-state index in [9.17, 15) is 4.79 Å². The van der Waals surface area contributed by atoms with Crippen molar-refractivity contribution in [1.29, 1.82) is 0 Å². The van der Waals surface area contributed by atoms with Crippen molar-refractivity contribution in [3.63, 3.8) is 0 Å². The minimum absolute atomic E-state index is 0.0448. The van der Waals surface area contributed by atoms with Gasteiger partial charge >= 0.3 is 0 Å². The third-order valence-corrected chi connectivity index (χ3v) is 5.53. The number of para-hydroxylation sites is 1. The number of hydrogen-bond acceptors (Lipinski definition) is 6. The largest absolute Gasteiger partial charge is 0.351 e. The monoisotopic (exact) mass is 383 g/mol. The number of thioether (sulfide) groups is 1. The highest BCUT2D eigenvalue weighted by molar-refractivity contribution is 7.99. The Bertz CT molecular complexity index is 946. The molecule has 27 heavy (non-hydrogen) atoms. The van der Waals surface area contributed by atoms with Crippen LogP contribution in [0.5, 0.6) is 0 Å². The standard InChI is InChI=1S/C18H21N7OS/c1-12-16(13(2)24(21-12)14-6-4-3-5-7-14)10-19-17(26)11-27-18-20-22-23-25(18)15-8-9-15/h3-7,15H,8-11H2,1-2H3,(H,19,26). The van der Waals surface area contributed by atoms with E-state index >= 15 is 0 Å². The van der Waals surface area contributed by atoms with Crippen LogP contribution >= 0.6 is 11.8 Å². The Morgan fingerprint density at radius 3 is 2.78 bits per heavy atom. The number of hydrogen-bond donors (Lipinski definition) is 1. The molecular formula is C18H21N7OS. The van der Waals surface area contributed by atoms with E-state index in [1.807, 2.05) is 53.5 Å². The Kier molecular flexibility index (Phi) is 4.93. The molecular weight excluding hydrogens is 362 g/mol. The maximum Gasteiger partial charge on any atom is 0.230 e. The van der Waals surface area contributed by atoms with E-state index < -0.39 is 0 Å². The Hall–Kier alpha value is -2.68. The van der Waals surface area contributed by atoms with Crippen LogP contribution in [0.4, 0.5) is 0 Å². The highest BCUT2D eigenvalue weighted by atomic mass is 32.2. The van der Waals surface area contributed by atoms with Crippen molar-refractivity contribution in [2.75, 3.05) is 5.75 Å². The molecule has 140 valence electrons. The van der Waals surface area contributed by atoms with Crippen LogP contribution in [-0.4, -0.2) is 41.6 Å². The van der Waals surface area contributed by atoms with E-state index in [2.05, 4.69) is 25.9 Å². The molecule has 0 aliphatic heterocycles. The van der Waals surface area contributed by atoms with Gasteiger partial charge in [-0.05, 0) is 49.2 Å². The smallest absolute Gasteiger partial charge is 0.230 e. The van der Waals surface area contributed by atoms with E-state index in [0.717, 1.165) is 35.5 Å². The summed E-state index contributed by atoms with van der Waals surface area (Å²) in [5.41, 5.74) is 4.00. The zero-order valence-corrected chi connectivity index (χ0v) is 16.1. The summed E-state index contributed by atoms with van der Waals surface area (Å²) in [5, 5.41) is 20.0. The summed E-state index contributed by atoms with van der Waals surface area (Å²) < 4.78 is 3.73. The minimum Gasteiger partial charge on any atom is -0.351 e. The van der Waals surface area contributed by atoms with Crippen LogP contribution < -0.4 is 5.32 Å². The van der Waals surface area contributed by atoms with Gasteiger partial charge in [0, 0.05) is 17.8 Å². The van der Waals surface area contributed by atoms with Gasteiger partial charge in [-0.15, -0.1) is 5.10 Å². The average Bonchev–Trinajstić information content (AvgIpc) is 3.35. The number of aryl methyl sites for hydroxylation is 1. The van der Waals surface area contributed by atoms with Crippen molar-refractivity contribution in [3.05, 3.63) is 47.3 Å². The van der Waals surface area contributed by atoms with Crippen molar-refractivity contribution in [2.24, 2.45) is 0 Å². The number of amides is 1. The lowest BCUT2D eigenvalue weighted by atomic mass is 10.2. The second-order valence-electron chi connectivity index (χ2n) is 6.60. The molecule has 0 atom stereocenters. The molecule has 1 saturated carbocycles. The molecule has 1 aliphatic carbocycles. The Morgan fingerprint density at radius 1 is 1.26 bits per heavy atom. The van der Waals surface area contributed by atoms with Gasteiger partial charge in [-0.25, -0.2) is 9.36 Å². The van der Waals surface area contributed by atoms with Gasteiger partial charge in [0.15, 0.2) is 0 Å². The van der Waals surface area contributed by atoms with Crippen molar-refractivity contribution in [1.82, 2.24) is 35.3 Å². The predicted molar refractivity (Wildman–Crippen MR) is 102 cm³/mol. The van der Waals surface area contributed by atoms with Crippen LogP contribution in [-0.2, 0) is 11.3 Å². The first-order chi connectivity index (χ1) is 13.1. The van der Waals surface area contributed by atoms with E-state index in [1.54, 1.807) is 0 Å². The molecule has 1 aromatic carbocycles. The highest BCUT2D eigenvalue weighted by Crippen LogP contribution is 2.36. The van der Waals surface area contributed by atoms with Crippen LogP contribution in [0.1, 0.15) is 35.8 Å². The molecule has 4 rings (SSSR count). The van der Waals surface area contributed by atoms with Gasteiger partial charge in [0.1, 0.15) is 0 Å². The number of nitrogens with one attached hydrogen (secondary N) is 1. The second kappa shape index (κ2) is 7.51. The SMILES string of the molecule is Cc1nn(-c2ccccc2)c(C)c1CNC(=O)CSc1nnnn1C1CC1. The first kappa shape index (κ1) is 17.7. The average molecular weight is 383 g/mol. The molecule has 1 fully saturated rings. The van der Waals surface area contributed by atoms with Crippen LogP contribution in [0.25, 0.3) is 5.69 Å². The fourth-order valence-corrected chi connectivity index (χ4v) is 3.72. The predicted octanol–water partition coefficient (Wildman–Crippen LogP) is 2.22. The molecule has 3 aromatic rings. The highest BCUT2D eigenvalue weighted by Gasteiger charge is 2.28. The molecule has 0 spiro atoms. The number of aromatic nitrogens is 6. The third-order valence-electron chi connectivity index (χ3n) is 4.59. The van der Waals surface area contributed by atoms with Gasteiger partial charge in [0.25, 0.3) is 0 Å². The zero-order valence-electron chi connectivity index (χ0n) is 15.3. The second-order valence-corrected chi connectivity index (χ2v) is 7.54. The zero-order chi connectivity index (χ0) is 18.8. The number of carbonyl (C=O) groups excluding carboxylic acids is 1. The van der Waals surface area contributed by atoms with E-state index in [1.165, 1.54) is 11.8 Å². The summed E-state index contributed by atoms with van der Waals surface area (Å²) >= 11 is 1.37. The Balaban J connectivity index is 1.36. The van der Waals surface area contributed by atoms with E-state index in [0.29, 0.717) is 17.7 Å². The lowest BCUT2D eigenvalue weighted by molar-refractivity contribution is -0.118. The van der Waals surface area contributed by atoms with Gasteiger partial charge < -0.3 is 5.32 Å². The number of carbonyl (C=O) groups is 1. The number of benzene rings is 1. The summed E-state index contributed by atoms with van der Waals surface area (Å²) in [4.78, 5) is 12.3. The quantitative estimate of drug-likeness (QED) is 0.629. The Morgan fingerprint density at radius 2 is 2.04 bits per heavy atom. The number of tetrazole rings is 1.